The standard InChI is InChI=1S/C17H19NO4/c1-17(11-21-2)16(20)15(18-10-6-5-9-14(18)19)12-7-3-4-8-13(12)22-17/h3-10,15-16,20H,11H2,1-2H3. The Bertz CT molecular complexity index is 726. The molecule has 0 fully saturated rings. The summed E-state index contributed by atoms with van der Waals surface area (Å²) >= 11 is 0. The molecule has 1 aromatic heterocycles. The largest absolute Gasteiger partial charge is 0.482 e. The highest BCUT2D eigenvalue weighted by molar-refractivity contribution is 5.41. The van der Waals surface area contributed by atoms with E-state index >= 15 is 0 Å². The molecule has 22 heavy (non-hydrogen) atoms. The first-order chi connectivity index (χ1) is 10.6. The van der Waals surface area contributed by atoms with Crippen LogP contribution in [0, 0.1) is 0 Å². The lowest BCUT2D eigenvalue weighted by atomic mass is 9.85. The average Bonchev–Trinajstić information content (AvgIpc) is 2.50. The minimum absolute atomic E-state index is 0.164. The molecule has 1 aliphatic rings. The van der Waals surface area contributed by atoms with Gasteiger partial charge in [-0.25, -0.2) is 0 Å². The van der Waals surface area contributed by atoms with Crippen LogP contribution < -0.4 is 10.3 Å². The van der Waals surface area contributed by atoms with Gasteiger partial charge in [0.15, 0.2) is 5.60 Å². The molecule has 0 bridgehead atoms. The second-order valence-electron chi connectivity index (χ2n) is 5.72. The van der Waals surface area contributed by atoms with E-state index in [1.54, 1.807) is 36.9 Å². The van der Waals surface area contributed by atoms with Crippen molar-refractivity contribution in [2.75, 3.05) is 13.7 Å². The van der Waals surface area contributed by atoms with Gasteiger partial charge in [-0.05, 0) is 19.1 Å². The monoisotopic (exact) mass is 301 g/mol. The number of ether oxygens (including phenoxy) is 2. The molecule has 0 aliphatic carbocycles. The van der Waals surface area contributed by atoms with Gasteiger partial charge in [0.25, 0.3) is 5.56 Å². The van der Waals surface area contributed by atoms with Crippen LogP contribution in [0.3, 0.4) is 0 Å². The highest BCUT2D eigenvalue weighted by atomic mass is 16.6. The maximum atomic E-state index is 12.2. The normalized spacial score (nSPS) is 27.0. The Morgan fingerprint density at radius 1 is 1.27 bits per heavy atom. The lowest BCUT2D eigenvalue weighted by Crippen LogP contribution is -2.56. The molecule has 0 saturated carbocycles. The van der Waals surface area contributed by atoms with E-state index in [0.29, 0.717) is 5.75 Å². The minimum atomic E-state index is -0.928. The van der Waals surface area contributed by atoms with Crippen LogP contribution in [0.2, 0.25) is 0 Å². The number of pyridine rings is 1. The van der Waals surface area contributed by atoms with Gasteiger partial charge in [-0.1, -0.05) is 24.3 Å². The lowest BCUT2D eigenvalue weighted by Gasteiger charge is -2.44. The first kappa shape index (κ1) is 14.8. The van der Waals surface area contributed by atoms with Gasteiger partial charge in [0.2, 0.25) is 0 Å². The van der Waals surface area contributed by atoms with Gasteiger partial charge in [0.05, 0.1) is 12.6 Å². The quantitative estimate of drug-likeness (QED) is 0.935. The Morgan fingerprint density at radius 3 is 2.73 bits per heavy atom. The second kappa shape index (κ2) is 5.59. The van der Waals surface area contributed by atoms with Crippen molar-refractivity contribution in [3.63, 3.8) is 0 Å². The molecular formula is C17H19NO4. The van der Waals surface area contributed by atoms with Crippen molar-refractivity contribution < 1.29 is 14.6 Å². The number of aromatic nitrogens is 1. The van der Waals surface area contributed by atoms with Crippen LogP contribution in [0.15, 0.2) is 53.5 Å². The molecule has 0 radical (unpaired) electrons. The summed E-state index contributed by atoms with van der Waals surface area (Å²) in [5, 5.41) is 10.9. The molecule has 2 heterocycles. The Hall–Kier alpha value is -2.11. The van der Waals surface area contributed by atoms with Crippen molar-refractivity contribution in [2.45, 2.75) is 24.7 Å². The lowest BCUT2D eigenvalue weighted by molar-refractivity contribution is -0.109. The van der Waals surface area contributed by atoms with Crippen molar-refractivity contribution in [1.82, 2.24) is 4.57 Å². The van der Waals surface area contributed by atoms with E-state index in [1.807, 2.05) is 24.3 Å². The van der Waals surface area contributed by atoms with Gasteiger partial charge >= 0.3 is 0 Å². The molecule has 5 heteroatoms. The molecule has 1 N–H and O–H groups in total. The van der Waals surface area contributed by atoms with Gasteiger partial charge in [0, 0.05) is 24.9 Å². The molecule has 5 nitrogen and oxygen atoms in total. The number of para-hydroxylation sites is 1. The predicted octanol–water partition coefficient (Wildman–Crippen LogP) is 1.60. The van der Waals surface area contributed by atoms with Gasteiger partial charge in [0.1, 0.15) is 11.9 Å². The Labute approximate surface area is 128 Å². The number of hydrogen-bond donors (Lipinski definition) is 1. The first-order valence-corrected chi connectivity index (χ1v) is 7.19. The second-order valence-corrected chi connectivity index (χ2v) is 5.72. The van der Waals surface area contributed by atoms with Crippen LogP contribution in [0.1, 0.15) is 18.5 Å². The Kier molecular flexibility index (Phi) is 3.76. The molecule has 1 aliphatic heterocycles. The van der Waals surface area contributed by atoms with E-state index in [0.717, 1.165) is 5.56 Å². The van der Waals surface area contributed by atoms with Crippen LogP contribution >= 0.6 is 0 Å². The predicted molar refractivity (Wildman–Crippen MR) is 82.2 cm³/mol. The SMILES string of the molecule is COCC1(C)Oc2ccccc2C(n2ccccc2=O)C1O. The number of benzene rings is 1. The van der Waals surface area contributed by atoms with Crippen molar-refractivity contribution >= 4 is 0 Å². The summed E-state index contributed by atoms with van der Waals surface area (Å²) < 4.78 is 12.7. The molecular weight excluding hydrogens is 282 g/mol. The van der Waals surface area contributed by atoms with E-state index in [4.69, 9.17) is 9.47 Å². The topological polar surface area (TPSA) is 60.7 Å². The molecule has 0 saturated heterocycles. The number of fused-ring (bicyclic) bond motifs is 1. The van der Waals surface area contributed by atoms with Crippen LogP contribution in [0.25, 0.3) is 0 Å². The minimum Gasteiger partial charge on any atom is -0.482 e. The molecule has 0 amide bonds. The zero-order valence-corrected chi connectivity index (χ0v) is 12.6. The third-order valence-corrected chi connectivity index (χ3v) is 4.09. The Morgan fingerprint density at radius 2 is 2.00 bits per heavy atom. The molecule has 0 spiro atoms. The summed E-state index contributed by atoms with van der Waals surface area (Å²) in [6, 6.07) is 11.9. The number of methoxy groups -OCH3 is 1. The zero-order valence-electron chi connectivity index (χ0n) is 12.6. The summed E-state index contributed by atoms with van der Waals surface area (Å²) in [5.74, 6) is 0.660. The summed E-state index contributed by atoms with van der Waals surface area (Å²) in [6.45, 7) is 2.01. The average molecular weight is 301 g/mol. The van der Waals surface area contributed by atoms with Crippen molar-refractivity contribution in [3.05, 3.63) is 64.6 Å². The highest BCUT2D eigenvalue weighted by Crippen LogP contribution is 2.41. The van der Waals surface area contributed by atoms with Crippen molar-refractivity contribution in [1.29, 1.82) is 0 Å². The van der Waals surface area contributed by atoms with Gasteiger partial charge < -0.3 is 19.1 Å². The molecule has 116 valence electrons. The summed E-state index contributed by atoms with van der Waals surface area (Å²) in [7, 11) is 1.56. The molecule has 3 unspecified atom stereocenters. The van der Waals surface area contributed by atoms with E-state index in [-0.39, 0.29) is 12.2 Å². The van der Waals surface area contributed by atoms with Gasteiger partial charge in [-0.3, -0.25) is 4.79 Å². The fraction of sp³-hybridized carbons (Fsp3) is 0.353. The van der Waals surface area contributed by atoms with E-state index in [1.165, 1.54) is 6.07 Å². The summed E-state index contributed by atoms with van der Waals surface area (Å²) in [5.41, 5.74) is -0.303. The third kappa shape index (κ3) is 2.32. The molecule has 3 rings (SSSR count). The highest BCUT2D eigenvalue weighted by Gasteiger charge is 2.47. The first-order valence-electron chi connectivity index (χ1n) is 7.19. The summed E-state index contributed by atoms with van der Waals surface area (Å²) in [6.07, 6.45) is 0.772. The summed E-state index contributed by atoms with van der Waals surface area (Å²) in [4.78, 5) is 12.2. The van der Waals surface area contributed by atoms with Crippen LogP contribution in [0.5, 0.6) is 5.75 Å². The molecule has 1 aromatic carbocycles. The van der Waals surface area contributed by atoms with E-state index < -0.39 is 17.7 Å². The zero-order chi connectivity index (χ0) is 15.7. The number of aliphatic hydroxyl groups is 1. The smallest absolute Gasteiger partial charge is 0.251 e. The maximum Gasteiger partial charge on any atom is 0.251 e. The van der Waals surface area contributed by atoms with Crippen LogP contribution in [0.4, 0.5) is 0 Å². The van der Waals surface area contributed by atoms with E-state index in [9.17, 15) is 9.90 Å². The van der Waals surface area contributed by atoms with Gasteiger partial charge in [-0.15, -0.1) is 0 Å². The van der Waals surface area contributed by atoms with Crippen molar-refractivity contribution in [3.8, 4) is 5.75 Å². The number of rotatable bonds is 3. The number of aliphatic hydroxyl groups excluding tert-OH is 1. The molecule has 3 atom stereocenters. The Balaban J connectivity index is 2.18. The number of hydrogen-bond acceptors (Lipinski definition) is 4. The van der Waals surface area contributed by atoms with Crippen LogP contribution in [-0.2, 0) is 4.74 Å². The molecule has 2 aromatic rings. The van der Waals surface area contributed by atoms with E-state index in [2.05, 4.69) is 0 Å². The number of nitrogens with zero attached hydrogens (tertiary/aromatic N) is 1. The third-order valence-electron chi connectivity index (χ3n) is 4.09. The van der Waals surface area contributed by atoms with Crippen molar-refractivity contribution in [2.24, 2.45) is 0 Å². The maximum absolute atomic E-state index is 12.2. The van der Waals surface area contributed by atoms with Crippen LogP contribution in [-0.4, -0.2) is 35.1 Å². The van der Waals surface area contributed by atoms with Gasteiger partial charge in [-0.2, -0.15) is 0 Å². The fourth-order valence-corrected chi connectivity index (χ4v) is 3.01. The fourth-order valence-electron chi connectivity index (χ4n) is 3.01.